The Balaban J connectivity index is 1.59. The van der Waals surface area contributed by atoms with Crippen LogP contribution in [-0.2, 0) is 17.6 Å². The summed E-state index contributed by atoms with van der Waals surface area (Å²) in [5.74, 6) is -0.380. The molecule has 4 nitrogen and oxygen atoms in total. The third kappa shape index (κ3) is 4.28. The lowest BCUT2D eigenvalue weighted by atomic mass is 9.89. The Morgan fingerprint density at radius 2 is 1.80 bits per heavy atom. The predicted molar refractivity (Wildman–Crippen MR) is 101 cm³/mol. The number of hydrogen-bond donors (Lipinski definition) is 2. The van der Waals surface area contributed by atoms with E-state index in [0.29, 0.717) is 4.88 Å². The third-order valence-corrected chi connectivity index (χ3v) is 5.59. The molecule has 0 fully saturated rings. The summed E-state index contributed by atoms with van der Waals surface area (Å²) in [7, 11) is 0. The number of benzene rings is 1. The van der Waals surface area contributed by atoms with E-state index >= 15 is 0 Å². The van der Waals surface area contributed by atoms with Gasteiger partial charge in [0.1, 0.15) is 6.04 Å². The number of fused-ring (bicyclic) bond motifs is 1. The fourth-order valence-corrected chi connectivity index (χ4v) is 3.81. The monoisotopic (exact) mass is 356 g/mol. The summed E-state index contributed by atoms with van der Waals surface area (Å²) in [5, 5.41) is 7.60. The number of nitrogens with one attached hydrogen (secondary N) is 2. The summed E-state index contributed by atoms with van der Waals surface area (Å²) in [6.07, 6.45) is 4.78. The van der Waals surface area contributed by atoms with Gasteiger partial charge in [-0.1, -0.05) is 24.3 Å². The SMILES string of the molecule is CC(NC(=O)c1cccs1)C(=O)NC(C)c1ccc2c(c1)CCCC2. The number of aryl methyl sites for hydroxylation is 2. The van der Waals surface area contributed by atoms with Gasteiger partial charge in [0, 0.05) is 0 Å². The molecule has 0 saturated heterocycles. The second-order valence-electron chi connectivity index (χ2n) is 6.64. The van der Waals surface area contributed by atoms with Crippen LogP contribution < -0.4 is 10.6 Å². The van der Waals surface area contributed by atoms with Crippen molar-refractivity contribution in [2.75, 3.05) is 0 Å². The molecule has 0 spiro atoms. The van der Waals surface area contributed by atoms with Crippen molar-refractivity contribution in [3.05, 3.63) is 57.3 Å². The van der Waals surface area contributed by atoms with E-state index in [4.69, 9.17) is 0 Å². The zero-order valence-electron chi connectivity index (χ0n) is 14.7. The van der Waals surface area contributed by atoms with Gasteiger partial charge in [-0.25, -0.2) is 0 Å². The molecular weight excluding hydrogens is 332 g/mol. The topological polar surface area (TPSA) is 58.2 Å². The first kappa shape index (κ1) is 17.7. The molecule has 1 aliphatic carbocycles. The maximum absolute atomic E-state index is 12.4. The molecule has 2 atom stereocenters. The first-order valence-corrected chi connectivity index (χ1v) is 9.69. The van der Waals surface area contributed by atoms with E-state index < -0.39 is 6.04 Å². The van der Waals surface area contributed by atoms with Gasteiger partial charge in [-0.3, -0.25) is 9.59 Å². The van der Waals surface area contributed by atoms with Crippen LogP contribution in [0, 0.1) is 0 Å². The van der Waals surface area contributed by atoms with Crippen LogP contribution in [-0.4, -0.2) is 17.9 Å². The smallest absolute Gasteiger partial charge is 0.261 e. The summed E-state index contributed by atoms with van der Waals surface area (Å²) in [6.45, 7) is 3.69. The predicted octanol–water partition coefficient (Wildman–Crippen LogP) is 3.62. The molecule has 1 aliphatic rings. The molecule has 0 aliphatic heterocycles. The van der Waals surface area contributed by atoms with E-state index in [1.165, 1.54) is 35.3 Å². The Hall–Kier alpha value is -2.14. The van der Waals surface area contributed by atoms with Gasteiger partial charge in [-0.05, 0) is 67.7 Å². The third-order valence-electron chi connectivity index (χ3n) is 4.72. The van der Waals surface area contributed by atoms with E-state index in [1.54, 1.807) is 13.0 Å². The first-order chi connectivity index (χ1) is 12.0. The van der Waals surface area contributed by atoms with Crippen molar-refractivity contribution in [1.29, 1.82) is 0 Å². The largest absolute Gasteiger partial charge is 0.348 e. The quantitative estimate of drug-likeness (QED) is 0.860. The maximum Gasteiger partial charge on any atom is 0.261 e. The lowest BCUT2D eigenvalue weighted by molar-refractivity contribution is -0.123. The minimum absolute atomic E-state index is 0.0826. The van der Waals surface area contributed by atoms with Crippen molar-refractivity contribution >= 4 is 23.2 Å². The van der Waals surface area contributed by atoms with Crippen molar-refractivity contribution in [3.8, 4) is 0 Å². The average Bonchev–Trinajstić information content (AvgIpc) is 3.16. The van der Waals surface area contributed by atoms with Crippen LogP contribution in [0.4, 0.5) is 0 Å². The summed E-state index contributed by atoms with van der Waals surface area (Å²) in [6, 6.07) is 9.42. The van der Waals surface area contributed by atoms with Crippen LogP contribution in [0.3, 0.4) is 0 Å². The lowest BCUT2D eigenvalue weighted by Crippen LogP contribution is -2.45. The standard InChI is InChI=1S/C20H24N2O2S/c1-13(16-10-9-15-6-3-4-7-17(15)12-16)21-19(23)14(2)22-20(24)18-8-5-11-25-18/h5,8-14H,3-4,6-7H2,1-2H3,(H,21,23)(H,22,24). The number of rotatable bonds is 5. The van der Waals surface area contributed by atoms with Gasteiger partial charge in [0.25, 0.3) is 5.91 Å². The van der Waals surface area contributed by atoms with E-state index in [1.807, 2.05) is 18.4 Å². The van der Waals surface area contributed by atoms with E-state index in [-0.39, 0.29) is 17.9 Å². The molecule has 2 N–H and O–H groups in total. The molecule has 1 aromatic carbocycles. The molecule has 2 aromatic rings. The van der Waals surface area contributed by atoms with Gasteiger partial charge in [-0.2, -0.15) is 0 Å². The zero-order chi connectivity index (χ0) is 17.8. The molecular formula is C20H24N2O2S. The fraction of sp³-hybridized carbons (Fsp3) is 0.400. The molecule has 0 radical (unpaired) electrons. The maximum atomic E-state index is 12.4. The van der Waals surface area contributed by atoms with Crippen molar-refractivity contribution in [1.82, 2.24) is 10.6 Å². The van der Waals surface area contributed by atoms with Crippen LogP contribution in [0.1, 0.15) is 59.1 Å². The molecule has 132 valence electrons. The number of thiophene rings is 1. The Morgan fingerprint density at radius 1 is 1.04 bits per heavy atom. The highest BCUT2D eigenvalue weighted by Gasteiger charge is 2.20. The second kappa shape index (κ2) is 7.83. The summed E-state index contributed by atoms with van der Waals surface area (Å²) in [5.41, 5.74) is 3.96. The normalized spacial score (nSPS) is 15.8. The summed E-state index contributed by atoms with van der Waals surface area (Å²) >= 11 is 1.36. The number of carbonyl (C=O) groups excluding carboxylic acids is 2. The highest BCUT2D eigenvalue weighted by atomic mass is 32.1. The number of carbonyl (C=O) groups is 2. The minimum Gasteiger partial charge on any atom is -0.348 e. The van der Waals surface area contributed by atoms with Gasteiger partial charge >= 0.3 is 0 Å². The first-order valence-electron chi connectivity index (χ1n) is 8.81. The Morgan fingerprint density at radius 3 is 2.52 bits per heavy atom. The highest BCUT2D eigenvalue weighted by molar-refractivity contribution is 7.12. The molecule has 2 unspecified atom stereocenters. The van der Waals surface area contributed by atoms with Gasteiger partial charge < -0.3 is 10.6 Å². The summed E-state index contributed by atoms with van der Waals surface area (Å²) < 4.78 is 0. The average molecular weight is 356 g/mol. The molecule has 1 aromatic heterocycles. The Labute approximate surface area is 152 Å². The molecule has 5 heteroatoms. The van der Waals surface area contributed by atoms with E-state index in [0.717, 1.165) is 18.4 Å². The minimum atomic E-state index is -0.574. The fourth-order valence-electron chi connectivity index (χ4n) is 3.19. The Kier molecular flexibility index (Phi) is 5.53. The van der Waals surface area contributed by atoms with Crippen molar-refractivity contribution in [2.24, 2.45) is 0 Å². The number of hydrogen-bond acceptors (Lipinski definition) is 3. The molecule has 25 heavy (non-hydrogen) atoms. The highest BCUT2D eigenvalue weighted by Crippen LogP contribution is 2.24. The van der Waals surface area contributed by atoms with Crippen molar-refractivity contribution in [2.45, 2.75) is 51.6 Å². The number of amides is 2. The van der Waals surface area contributed by atoms with Crippen LogP contribution in [0.2, 0.25) is 0 Å². The van der Waals surface area contributed by atoms with Crippen LogP contribution in [0.5, 0.6) is 0 Å². The lowest BCUT2D eigenvalue weighted by Gasteiger charge is -2.21. The molecule has 3 rings (SSSR count). The molecule has 0 saturated carbocycles. The Bertz CT molecular complexity index is 755. The molecule has 0 bridgehead atoms. The molecule has 1 heterocycles. The van der Waals surface area contributed by atoms with Crippen LogP contribution in [0.15, 0.2) is 35.7 Å². The van der Waals surface area contributed by atoms with Crippen LogP contribution in [0.25, 0.3) is 0 Å². The van der Waals surface area contributed by atoms with Gasteiger partial charge in [0.2, 0.25) is 5.91 Å². The van der Waals surface area contributed by atoms with Gasteiger partial charge in [-0.15, -0.1) is 11.3 Å². The van der Waals surface area contributed by atoms with E-state index in [9.17, 15) is 9.59 Å². The molecule has 2 amide bonds. The van der Waals surface area contributed by atoms with Crippen molar-refractivity contribution in [3.63, 3.8) is 0 Å². The van der Waals surface area contributed by atoms with Crippen LogP contribution >= 0.6 is 11.3 Å². The zero-order valence-corrected chi connectivity index (χ0v) is 15.5. The second-order valence-corrected chi connectivity index (χ2v) is 7.59. The summed E-state index contributed by atoms with van der Waals surface area (Å²) in [4.78, 5) is 25.1. The van der Waals surface area contributed by atoms with Gasteiger partial charge in [0.15, 0.2) is 0 Å². The van der Waals surface area contributed by atoms with E-state index in [2.05, 4.69) is 28.8 Å². The van der Waals surface area contributed by atoms with Crippen molar-refractivity contribution < 1.29 is 9.59 Å². The van der Waals surface area contributed by atoms with Gasteiger partial charge in [0.05, 0.1) is 10.9 Å².